The molecule has 9 nitrogen and oxygen atoms in total. The number of aromatic nitrogens is 4. The van der Waals surface area contributed by atoms with Crippen LogP contribution in [0, 0.1) is 0 Å². The molecule has 0 radical (unpaired) electrons. The Hall–Kier alpha value is -1.38. The number of hydrogen-bond donors (Lipinski definition) is 3. The van der Waals surface area contributed by atoms with Gasteiger partial charge in [-0.2, -0.15) is 0 Å². The van der Waals surface area contributed by atoms with Gasteiger partial charge in [0.2, 0.25) is 0 Å². The number of aliphatic hydroxyl groups is 2. The predicted octanol–water partition coefficient (Wildman–Crippen LogP) is 0.0478. The molecule has 0 amide bonds. The lowest BCUT2D eigenvalue weighted by Gasteiger charge is -2.16. The van der Waals surface area contributed by atoms with Gasteiger partial charge < -0.3 is 25.2 Å². The number of nitrogens with two attached hydrogens (primary N) is 1. The summed E-state index contributed by atoms with van der Waals surface area (Å²) >= 11 is 0. The molecule has 126 valence electrons. The van der Waals surface area contributed by atoms with Crippen molar-refractivity contribution in [1.82, 2.24) is 19.5 Å². The zero-order valence-electron chi connectivity index (χ0n) is 12.7. The van der Waals surface area contributed by atoms with E-state index in [1.807, 2.05) is 0 Å². The topological polar surface area (TPSA) is 129 Å². The van der Waals surface area contributed by atoms with E-state index in [2.05, 4.69) is 21.9 Å². The number of hydrogen-bond acceptors (Lipinski definition) is 8. The van der Waals surface area contributed by atoms with Crippen molar-refractivity contribution in [3.05, 3.63) is 12.7 Å². The number of fused-ring (bicyclic) bond motifs is 1. The molecule has 23 heavy (non-hydrogen) atoms. The van der Waals surface area contributed by atoms with Crippen molar-refractivity contribution < 1.29 is 19.5 Å². The van der Waals surface area contributed by atoms with Crippen molar-refractivity contribution in [3.63, 3.8) is 0 Å². The Morgan fingerprint density at radius 1 is 1.35 bits per heavy atom. The molecule has 0 spiro atoms. The van der Waals surface area contributed by atoms with Gasteiger partial charge in [-0.05, 0) is 6.16 Å². The van der Waals surface area contributed by atoms with Gasteiger partial charge in [0.05, 0.1) is 12.9 Å². The number of anilines is 1. The Morgan fingerprint density at radius 3 is 2.96 bits per heavy atom. The second-order valence-electron chi connectivity index (χ2n) is 5.33. The molecule has 3 unspecified atom stereocenters. The minimum atomic E-state index is -1.10. The second-order valence-corrected chi connectivity index (χ2v) is 6.41. The molecule has 4 N–H and O–H groups in total. The highest BCUT2D eigenvalue weighted by atomic mass is 31.1. The third-order valence-electron chi connectivity index (χ3n) is 3.70. The van der Waals surface area contributed by atoms with E-state index in [1.54, 1.807) is 4.57 Å². The Morgan fingerprint density at radius 2 is 2.17 bits per heavy atom. The molecule has 2 aromatic heterocycles. The van der Waals surface area contributed by atoms with Crippen LogP contribution in [0.4, 0.5) is 5.82 Å². The highest BCUT2D eigenvalue weighted by Crippen LogP contribution is 2.32. The van der Waals surface area contributed by atoms with Crippen LogP contribution in [-0.4, -0.2) is 60.8 Å². The summed E-state index contributed by atoms with van der Waals surface area (Å²) in [5, 5.41) is 20.4. The van der Waals surface area contributed by atoms with Gasteiger partial charge in [0.15, 0.2) is 17.7 Å². The largest absolute Gasteiger partial charge is 0.387 e. The summed E-state index contributed by atoms with van der Waals surface area (Å²) < 4.78 is 12.8. The van der Waals surface area contributed by atoms with Gasteiger partial charge in [-0.1, -0.05) is 13.3 Å². The Balaban J connectivity index is 1.76. The Labute approximate surface area is 134 Å². The van der Waals surface area contributed by atoms with E-state index in [0.717, 1.165) is 12.6 Å². The van der Waals surface area contributed by atoms with Crippen LogP contribution in [0.25, 0.3) is 11.2 Å². The first-order chi connectivity index (χ1) is 11.1. The summed E-state index contributed by atoms with van der Waals surface area (Å²) in [6.07, 6.45) is 1.26. The molecular weight excluding hydrogens is 321 g/mol. The molecule has 3 rings (SSSR count). The van der Waals surface area contributed by atoms with Crippen molar-refractivity contribution in [2.24, 2.45) is 0 Å². The molecule has 1 fully saturated rings. The molecule has 10 heteroatoms. The van der Waals surface area contributed by atoms with Gasteiger partial charge >= 0.3 is 0 Å². The standard InChI is InChI=1S/C13H20N5O4P/c1-2-3-23-21-4-7-9(19)10(20)13(22-7)18-6-17-8-11(14)15-5-16-12(8)18/h5-7,9-10,13,19-20,23H,2-4H2,1H3,(H2,14,15,16)/t7-,9?,10?,13-/m1/s1. The predicted molar refractivity (Wildman–Crippen MR) is 85.1 cm³/mol. The van der Waals surface area contributed by atoms with Crippen LogP contribution in [0.1, 0.15) is 19.6 Å². The first-order valence-corrected chi connectivity index (χ1v) is 8.54. The van der Waals surface area contributed by atoms with E-state index < -0.39 is 24.5 Å². The highest BCUT2D eigenvalue weighted by Gasteiger charge is 2.44. The average Bonchev–Trinajstić information content (AvgIpc) is 3.09. The molecule has 1 aliphatic heterocycles. The normalized spacial score (nSPS) is 28.3. The maximum atomic E-state index is 10.3. The Kier molecular flexibility index (Phi) is 5.03. The number of aliphatic hydroxyl groups excluding tert-OH is 2. The lowest BCUT2D eigenvalue weighted by atomic mass is 10.1. The quantitative estimate of drug-likeness (QED) is 0.496. The average molecular weight is 341 g/mol. The van der Waals surface area contributed by atoms with Crippen LogP contribution in [-0.2, 0) is 9.26 Å². The van der Waals surface area contributed by atoms with E-state index in [1.165, 1.54) is 12.7 Å². The summed E-state index contributed by atoms with van der Waals surface area (Å²) in [4.78, 5) is 12.1. The molecule has 0 aliphatic carbocycles. The molecule has 1 aliphatic rings. The third kappa shape index (κ3) is 3.15. The minimum Gasteiger partial charge on any atom is -0.387 e. The van der Waals surface area contributed by atoms with Crippen molar-refractivity contribution in [2.45, 2.75) is 37.9 Å². The van der Waals surface area contributed by atoms with E-state index in [9.17, 15) is 10.2 Å². The second kappa shape index (κ2) is 7.02. The van der Waals surface area contributed by atoms with Crippen LogP contribution in [0.3, 0.4) is 0 Å². The van der Waals surface area contributed by atoms with Crippen molar-refractivity contribution in [2.75, 3.05) is 18.5 Å². The summed E-state index contributed by atoms with van der Waals surface area (Å²) in [6.45, 7) is 2.31. The van der Waals surface area contributed by atoms with Crippen LogP contribution < -0.4 is 5.73 Å². The van der Waals surface area contributed by atoms with Gasteiger partial charge in [-0.25, -0.2) is 15.0 Å². The molecule has 0 aromatic carbocycles. The fourth-order valence-electron chi connectivity index (χ4n) is 2.47. The molecule has 0 saturated carbocycles. The third-order valence-corrected chi connectivity index (χ3v) is 4.78. The molecule has 2 aromatic rings. The molecular formula is C13H20N5O4P. The highest BCUT2D eigenvalue weighted by molar-refractivity contribution is 7.32. The number of imidazole rings is 1. The lowest BCUT2D eigenvalue weighted by Crippen LogP contribution is -2.33. The van der Waals surface area contributed by atoms with Gasteiger partial charge in [0.25, 0.3) is 0 Å². The van der Waals surface area contributed by atoms with E-state index >= 15 is 0 Å². The monoisotopic (exact) mass is 341 g/mol. The van der Waals surface area contributed by atoms with Crippen molar-refractivity contribution in [3.8, 4) is 0 Å². The number of nitrogens with zero attached hydrogens (tertiary/aromatic N) is 4. The number of nitrogen functional groups attached to an aromatic ring is 1. The van der Waals surface area contributed by atoms with Crippen molar-refractivity contribution >= 4 is 25.8 Å². The lowest BCUT2D eigenvalue weighted by molar-refractivity contribution is -0.0459. The van der Waals surface area contributed by atoms with Gasteiger partial charge in [0.1, 0.15) is 30.2 Å². The van der Waals surface area contributed by atoms with Gasteiger partial charge in [0, 0.05) is 8.81 Å². The summed E-state index contributed by atoms with van der Waals surface area (Å²) in [7, 11) is 0.359. The van der Waals surface area contributed by atoms with Gasteiger partial charge in [-0.3, -0.25) is 4.57 Å². The number of ether oxygens (including phenoxy) is 1. The summed E-state index contributed by atoms with van der Waals surface area (Å²) in [6, 6.07) is 0. The molecule has 3 heterocycles. The summed E-state index contributed by atoms with van der Waals surface area (Å²) in [5.41, 5.74) is 6.63. The zero-order chi connectivity index (χ0) is 16.4. The molecule has 0 bridgehead atoms. The van der Waals surface area contributed by atoms with E-state index in [0.29, 0.717) is 20.0 Å². The minimum absolute atomic E-state index is 0.233. The molecule has 5 atom stereocenters. The van der Waals surface area contributed by atoms with E-state index in [4.69, 9.17) is 15.0 Å². The maximum Gasteiger partial charge on any atom is 0.167 e. The van der Waals surface area contributed by atoms with E-state index in [-0.39, 0.29) is 12.4 Å². The smallest absolute Gasteiger partial charge is 0.167 e. The summed E-state index contributed by atoms with van der Waals surface area (Å²) in [5.74, 6) is 0.252. The maximum absolute atomic E-state index is 10.3. The van der Waals surface area contributed by atoms with Crippen LogP contribution >= 0.6 is 8.81 Å². The SMILES string of the molecule is CCCPOC[C@H]1O[C@@H](n2cnc3c(N)ncnc32)C(O)C1O. The van der Waals surface area contributed by atoms with Crippen molar-refractivity contribution in [1.29, 1.82) is 0 Å². The fourth-order valence-corrected chi connectivity index (χ4v) is 3.10. The Bertz CT molecular complexity index is 669. The van der Waals surface area contributed by atoms with Gasteiger partial charge in [-0.15, -0.1) is 0 Å². The van der Waals surface area contributed by atoms with Crippen LogP contribution in [0.15, 0.2) is 12.7 Å². The number of rotatable bonds is 6. The van der Waals surface area contributed by atoms with Crippen LogP contribution in [0.5, 0.6) is 0 Å². The molecule has 1 saturated heterocycles. The first-order valence-electron chi connectivity index (χ1n) is 7.42. The fraction of sp³-hybridized carbons (Fsp3) is 0.615. The first kappa shape index (κ1) is 16.5. The zero-order valence-corrected chi connectivity index (χ0v) is 13.7. The van der Waals surface area contributed by atoms with Crippen LogP contribution in [0.2, 0.25) is 0 Å².